The predicted molar refractivity (Wildman–Crippen MR) is 97.8 cm³/mol. The van der Waals surface area contributed by atoms with Crippen LogP contribution in [0.25, 0.3) is 10.2 Å². The Morgan fingerprint density at radius 3 is 2.66 bits per heavy atom. The van der Waals surface area contributed by atoms with Crippen molar-refractivity contribution in [1.82, 2.24) is 9.88 Å². The second-order valence-corrected chi connectivity index (χ2v) is 6.34. The van der Waals surface area contributed by atoms with Crippen molar-refractivity contribution in [3.05, 3.63) is 39.4 Å². The fourth-order valence-corrected chi connectivity index (χ4v) is 3.08. The van der Waals surface area contributed by atoms with Crippen LogP contribution in [0.5, 0.6) is 0 Å². The van der Waals surface area contributed by atoms with E-state index in [-0.39, 0.29) is 29.4 Å². The monoisotopic (exact) mass is 431 g/mol. The summed E-state index contributed by atoms with van der Waals surface area (Å²) in [6, 6.07) is 0.558. The molecule has 2 amide bonds. The van der Waals surface area contributed by atoms with Crippen molar-refractivity contribution >= 4 is 39.2 Å². The molecule has 0 aliphatic carbocycles. The van der Waals surface area contributed by atoms with Crippen LogP contribution in [0.4, 0.5) is 28.0 Å². The van der Waals surface area contributed by atoms with Crippen LogP contribution in [0.15, 0.2) is 28.7 Å². The summed E-state index contributed by atoms with van der Waals surface area (Å²) in [7, 11) is 0. The number of anilines is 1. The summed E-state index contributed by atoms with van der Waals surface area (Å²) in [6.07, 6.45) is 0.161. The molecule has 0 saturated carbocycles. The number of alkyl halides is 3. The quantitative estimate of drug-likeness (QED) is 0.330. The first-order valence-electron chi connectivity index (χ1n) is 7.86. The maximum Gasteiger partial charge on any atom is 0.431 e. The minimum atomic E-state index is -5.08. The Bertz CT molecular complexity index is 1080. The van der Waals surface area contributed by atoms with Crippen molar-refractivity contribution in [3.8, 4) is 12.3 Å². The number of benzene rings is 1. The van der Waals surface area contributed by atoms with Gasteiger partial charge in [-0.1, -0.05) is 17.3 Å². The number of esters is 1. The van der Waals surface area contributed by atoms with Crippen LogP contribution < -0.4 is 15.5 Å². The highest BCUT2D eigenvalue weighted by Gasteiger charge is 2.36. The molecule has 0 saturated heterocycles. The highest BCUT2D eigenvalue weighted by molar-refractivity contribution is 7.16. The lowest BCUT2D eigenvalue weighted by atomic mass is 10.2. The minimum absolute atomic E-state index is 0.0616. The Hall–Kier alpha value is -3.33. The van der Waals surface area contributed by atoms with Gasteiger partial charge in [0.2, 0.25) is 0 Å². The number of aromatic nitrogens is 1. The molecule has 1 aromatic heterocycles. The standard InChI is InChI=1S/C17H13F4N3O4S/c1-3-5-24-11-7-10(9(18)6-12(11)29-16(24)27)22-15(26)23-13(17(19,20)21)8-14(25)28-4-2/h1,6-8H,4-5H2,2H3,(H2,22,23,26). The molecular weight excluding hydrogens is 418 g/mol. The number of fused-ring (bicyclic) bond motifs is 1. The van der Waals surface area contributed by atoms with Gasteiger partial charge in [0.25, 0.3) is 0 Å². The van der Waals surface area contributed by atoms with Crippen molar-refractivity contribution in [2.24, 2.45) is 0 Å². The Kier molecular flexibility index (Phi) is 6.65. The summed E-state index contributed by atoms with van der Waals surface area (Å²) >= 11 is 0.720. The SMILES string of the molecule is C#CCn1c(=O)sc2cc(F)c(NC(=O)NC(=CC(=O)OCC)C(F)(F)F)cc21. The number of rotatable bonds is 5. The number of ether oxygens (including phenoxy) is 1. The largest absolute Gasteiger partial charge is 0.463 e. The minimum Gasteiger partial charge on any atom is -0.463 e. The van der Waals surface area contributed by atoms with Gasteiger partial charge in [0.05, 0.1) is 35.1 Å². The van der Waals surface area contributed by atoms with E-state index in [0.717, 1.165) is 28.0 Å². The third-order valence-corrected chi connectivity index (χ3v) is 4.30. The van der Waals surface area contributed by atoms with Gasteiger partial charge in [0.15, 0.2) is 0 Å². The number of amides is 2. The van der Waals surface area contributed by atoms with Gasteiger partial charge in [-0.3, -0.25) is 9.36 Å². The second kappa shape index (κ2) is 8.78. The van der Waals surface area contributed by atoms with Gasteiger partial charge in [-0.05, 0) is 19.1 Å². The van der Waals surface area contributed by atoms with Crippen LogP contribution >= 0.6 is 11.3 Å². The van der Waals surface area contributed by atoms with Crippen LogP contribution in [0.1, 0.15) is 6.92 Å². The molecule has 0 aliphatic heterocycles. The Morgan fingerprint density at radius 2 is 2.07 bits per heavy atom. The Morgan fingerprint density at radius 1 is 1.38 bits per heavy atom. The van der Waals surface area contributed by atoms with Gasteiger partial charge in [-0.2, -0.15) is 13.2 Å². The first-order valence-corrected chi connectivity index (χ1v) is 8.68. The molecule has 0 radical (unpaired) electrons. The Labute approximate surface area is 165 Å². The molecule has 0 spiro atoms. The number of nitrogens with one attached hydrogen (secondary N) is 2. The molecule has 1 heterocycles. The van der Waals surface area contributed by atoms with E-state index in [1.807, 2.05) is 5.32 Å². The van der Waals surface area contributed by atoms with Crippen LogP contribution in [-0.4, -0.2) is 29.4 Å². The molecule has 0 unspecified atom stereocenters. The molecule has 0 fully saturated rings. The lowest BCUT2D eigenvalue weighted by Crippen LogP contribution is -2.35. The maximum absolute atomic E-state index is 14.2. The molecule has 7 nitrogen and oxygen atoms in total. The summed E-state index contributed by atoms with van der Waals surface area (Å²) in [6.45, 7) is 1.11. The third kappa shape index (κ3) is 5.35. The number of carbonyl (C=O) groups is 2. The topological polar surface area (TPSA) is 89.4 Å². The van der Waals surface area contributed by atoms with Gasteiger partial charge in [0.1, 0.15) is 11.5 Å². The summed E-state index contributed by atoms with van der Waals surface area (Å²) in [4.78, 5) is 34.6. The molecule has 0 aliphatic rings. The lowest BCUT2D eigenvalue weighted by molar-refractivity contribution is -0.138. The second-order valence-electron chi connectivity index (χ2n) is 5.34. The van der Waals surface area contributed by atoms with E-state index in [9.17, 15) is 31.9 Å². The molecule has 154 valence electrons. The summed E-state index contributed by atoms with van der Waals surface area (Å²) < 4.78 is 59.0. The lowest BCUT2D eigenvalue weighted by Gasteiger charge is -2.14. The first-order chi connectivity index (χ1) is 13.6. The van der Waals surface area contributed by atoms with Crippen LogP contribution in [0, 0.1) is 18.2 Å². The van der Waals surface area contributed by atoms with Gasteiger partial charge in [-0.15, -0.1) is 6.42 Å². The third-order valence-electron chi connectivity index (χ3n) is 3.36. The smallest absolute Gasteiger partial charge is 0.431 e. The van der Waals surface area contributed by atoms with E-state index in [2.05, 4.69) is 10.7 Å². The molecule has 2 N–H and O–H groups in total. The number of hydrogen-bond acceptors (Lipinski definition) is 5. The number of terminal acetylenes is 1. The summed E-state index contributed by atoms with van der Waals surface area (Å²) in [5.74, 6) is -0.0482. The van der Waals surface area contributed by atoms with E-state index in [4.69, 9.17) is 6.42 Å². The average Bonchev–Trinajstić information content (AvgIpc) is 2.89. The van der Waals surface area contributed by atoms with E-state index in [1.54, 1.807) is 0 Å². The molecule has 2 rings (SSSR count). The van der Waals surface area contributed by atoms with Gasteiger partial charge in [0, 0.05) is 0 Å². The fraction of sp³-hybridized carbons (Fsp3) is 0.235. The van der Waals surface area contributed by atoms with Crippen molar-refractivity contribution in [2.45, 2.75) is 19.6 Å². The summed E-state index contributed by atoms with van der Waals surface area (Å²) in [5.41, 5.74) is -1.99. The number of nitrogens with zero attached hydrogens (tertiary/aromatic N) is 1. The predicted octanol–water partition coefficient (Wildman–Crippen LogP) is 2.97. The van der Waals surface area contributed by atoms with Crippen LogP contribution in [0.3, 0.4) is 0 Å². The van der Waals surface area contributed by atoms with Gasteiger partial charge >= 0.3 is 23.0 Å². The zero-order valence-corrected chi connectivity index (χ0v) is 15.5. The molecule has 29 heavy (non-hydrogen) atoms. The molecular formula is C17H13F4N3O4S. The number of urea groups is 1. The number of thiazole rings is 1. The number of carbonyl (C=O) groups excluding carboxylic acids is 2. The summed E-state index contributed by atoms with van der Waals surface area (Å²) in [5, 5.41) is 3.34. The van der Waals surface area contributed by atoms with Crippen molar-refractivity contribution in [3.63, 3.8) is 0 Å². The fourth-order valence-electron chi connectivity index (χ4n) is 2.19. The number of hydrogen-bond donors (Lipinski definition) is 2. The zero-order chi connectivity index (χ0) is 21.8. The van der Waals surface area contributed by atoms with Crippen LogP contribution in [-0.2, 0) is 16.1 Å². The molecule has 1 aromatic carbocycles. The highest BCUT2D eigenvalue weighted by atomic mass is 32.1. The number of halogens is 4. The molecule has 12 heteroatoms. The normalized spacial score (nSPS) is 11.8. The molecule has 0 atom stereocenters. The average molecular weight is 431 g/mol. The zero-order valence-electron chi connectivity index (χ0n) is 14.7. The van der Waals surface area contributed by atoms with Crippen molar-refractivity contribution in [2.75, 3.05) is 11.9 Å². The number of allylic oxidation sites excluding steroid dienone is 1. The molecule has 0 bridgehead atoms. The first kappa shape index (κ1) is 22.0. The van der Waals surface area contributed by atoms with E-state index < -0.39 is 40.3 Å². The van der Waals surface area contributed by atoms with E-state index in [0.29, 0.717) is 0 Å². The maximum atomic E-state index is 14.2. The van der Waals surface area contributed by atoms with Gasteiger partial charge in [-0.25, -0.2) is 14.0 Å². The van der Waals surface area contributed by atoms with E-state index >= 15 is 0 Å². The van der Waals surface area contributed by atoms with E-state index in [1.165, 1.54) is 12.2 Å². The van der Waals surface area contributed by atoms with Crippen molar-refractivity contribution in [1.29, 1.82) is 0 Å². The Balaban J connectivity index is 2.31. The van der Waals surface area contributed by atoms with Crippen LogP contribution in [0.2, 0.25) is 0 Å². The highest BCUT2D eigenvalue weighted by Crippen LogP contribution is 2.26. The van der Waals surface area contributed by atoms with Crippen molar-refractivity contribution < 1.29 is 31.9 Å². The van der Waals surface area contributed by atoms with Gasteiger partial charge < -0.3 is 15.4 Å². The molecule has 2 aromatic rings.